The molecule has 30 heavy (non-hydrogen) atoms. The zero-order chi connectivity index (χ0) is 22.4. The van der Waals surface area contributed by atoms with Gasteiger partial charge in [-0.2, -0.15) is 0 Å². The quantitative estimate of drug-likeness (QED) is 0.613. The second kappa shape index (κ2) is 10.4. The van der Waals surface area contributed by atoms with Gasteiger partial charge in [-0.3, -0.25) is 18.8 Å². The first-order valence-electron chi connectivity index (χ1n) is 10.2. The highest BCUT2D eigenvalue weighted by Gasteiger charge is 2.24. The molecule has 0 aromatic carbocycles. The van der Waals surface area contributed by atoms with E-state index in [0.29, 0.717) is 19.6 Å². The number of aromatic nitrogens is 2. The molecule has 1 fully saturated rings. The van der Waals surface area contributed by atoms with Crippen molar-refractivity contribution in [2.45, 2.75) is 32.2 Å². The average Bonchev–Trinajstić information content (AvgIpc) is 2.70. The first-order valence-corrected chi connectivity index (χ1v) is 10.2. The average molecular weight is 421 g/mol. The van der Waals surface area contributed by atoms with E-state index in [1.54, 1.807) is 0 Å². The standard InChI is InChI=1S/C21H33FN6O2/c1-5-8-16(22)11-15(6-2)12-28(14-27-10-7-9-17(23)13-27)18-19(24)25(3)21(30)26(4)20(18)29/h5,8,11,17H,1,6-7,9-10,12-14,23-24H2,2-4H3/b15-11+,16-8+/t17-/m1/s1. The molecule has 0 radical (unpaired) electrons. The lowest BCUT2D eigenvalue weighted by Crippen LogP contribution is -2.50. The molecule has 0 bridgehead atoms. The van der Waals surface area contributed by atoms with E-state index in [4.69, 9.17) is 11.5 Å². The van der Waals surface area contributed by atoms with Gasteiger partial charge in [-0.05, 0) is 43.5 Å². The van der Waals surface area contributed by atoms with Crippen molar-refractivity contribution < 1.29 is 4.39 Å². The largest absolute Gasteiger partial charge is 0.383 e. The highest BCUT2D eigenvalue weighted by atomic mass is 19.1. The van der Waals surface area contributed by atoms with E-state index < -0.39 is 17.1 Å². The van der Waals surface area contributed by atoms with Crippen LogP contribution in [0.4, 0.5) is 15.9 Å². The summed E-state index contributed by atoms with van der Waals surface area (Å²) in [6.45, 7) is 7.65. The summed E-state index contributed by atoms with van der Waals surface area (Å²) in [5, 5.41) is 0. The monoisotopic (exact) mass is 420 g/mol. The number of allylic oxidation sites excluding steroid dienone is 4. The highest BCUT2D eigenvalue weighted by Crippen LogP contribution is 2.21. The molecule has 166 valence electrons. The van der Waals surface area contributed by atoms with Crippen LogP contribution in [0, 0.1) is 0 Å². The Morgan fingerprint density at radius 3 is 2.63 bits per heavy atom. The third-order valence-electron chi connectivity index (χ3n) is 5.38. The second-order valence-electron chi connectivity index (χ2n) is 7.70. The number of halogens is 1. The second-order valence-corrected chi connectivity index (χ2v) is 7.70. The van der Waals surface area contributed by atoms with Gasteiger partial charge in [0.2, 0.25) is 0 Å². The number of hydrogen-bond donors (Lipinski definition) is 2. The van der Waals surface area contributed by atoms with Crippen LogP contribution in [0.25, 0.3) is 0 Å². The Bertz CT molecular complexity index is 946. The number of piperidine rings is 1. The molecule has 4 N–H and O–H groups in total. The normalized spacial score (nSPS) is 18.5. The number of nitrogens with zero attached hydrogens (tertiary/aromatic N) is 4. The Balaban J connectivity index is 2.52. The van der Waals surface area contributed by atoms with E-state index in [1.807, 2.05) is 11.8 Å². The van der Waals surface area contributed by atoms with Gasteiger partial charge in [0.25, 0.3) is 5.56 Å². The molecule has 0 amide bonds. The zero-order valence-corrected chi connectivity index (χ0v) is 18.1. The van der Waals surface area contributed by atoms with Gasteiger partial charge in [-0.1, -0.05) is 19.6 Å². The molecular formula is C21H33FN6O2. The number of nitrogen functional groups attached to an aromatic ring is 1. The van der Waals surface area contributed by atoms with Crippen molar-refractivity contribution >= 4 is 11.5 Å². The van der Waals surface area contributed by atoms with Crippen LogP contribution in [0.15, 0.2) is 45.8 Å². The van der Waals surface area contributed by atoms with E-state index in [-0.39, 0.29) is 24.1 Å². The van der Waals surface area contributed by atoms with Crippen molar-refractivity contribution in [1.29, 1.82) is 0 Å². The van der Waals surface area contributed by atoms with Gasteiger partial charge in [-0.25, -0.2) is 9.18 Å². The SMILES string of the molecule is C=C/C=C(F)\C=C(/CC)CN(CN1CCC[C@@H](N)C1)c1c(N)n(C)c(=O)n(C)c1=O. The van der Waals surface area contributed by atoms with Crippen LogP contribution in [0.2, 0.25) is 0 Å². The van der Waals surface area contributed by atoms with Gasteiger partial charge in [-0.15, -0.1) is 0 Å². The summed E-state index contributed by atoms with van der Waals surface area (Å²) < 4.78 is 16.4. The summed E-state index contributed by atoms with van der Waals surface area (Å²) in [5.41, 5.74) is 12.4. The van der Waals surface area contributed by atoms with Crippen LogP contribution in [0.3, 0.4) is 0 Å². The minimum atomic E-state index is -0.493. The maximum absolute atomic E-state index is 14.1. The van der Waals surface area contributed by atoms with Crippen molar-refractivity contribution in [2.75, 3.05) is 36.9 Å². The molecule has 9 heteroatoms. The third kappa shape index (κ3) is 5.48. The Morgan fingerprint density at radius 2 is 2.03 bits per heavy atom. The first-order chi connectivity index (χ1) is 14.2. The lowest BCUT2D eigenvalue weighted by molar-refractivity contribution is 0.209. The Morgan fingerprint density at radius 1 is 1.33 bits per heavy atom. The molecule has 1 aromatic rings. The number of rotatable bonds is 8. The summed E-state index contributed by atoms with van der Waals surface area (Å²) in [5.74, 6) is -0.329. The molecule has 0 unspecified atom stereocenters. The van der Waals surface area contributed by atoms with Crippen molar-refractivity contribution in [3.8, 4) is 0 Å². The van der Waals surface area contributed by atoms with E-state index in [9.17, 15) is 14.0 Å². The third-order valence-corrected chi connectivity index (χ3v) is 5.38. The topological polar surface area (TPSA) is 103 Å². The molecule has 1 aromatic heterocycles. The minimum absolute atomic E-state index is 0.0649. The van der Waals surface area contributed by atoms with Crippen LogP contribution in [-0.4, -0.2) is 46.4 Å². The number of anilines is 2. The van der Waals surface area contributed by atoms with E-state index in [0.717, 1.165) is 29.5 Å². The molecule has 1 aliphatic rings. The van der Waals surface area contributed by atoms with Crippen LogP contribution < -0.4 is 27.6 Å². The number of nitrogens with two attached hydrogens (primary N) is 2. The zero-order valence-electron chi connectivity index (χ0n) is 18.1. The summed E-state index contributed by atoms with van der Waals surface area (Å²) in [6.07, 6.45) is 6.61. The van der Waals surface area contributed by atoms with Crippen LogP contribution >= 0.6 is 0 Å². The fourth-order valence-electron chi connectivity index (χ4n) is 3.66. The van der Waals surface area contributed by atoms with Crippen molar-refractivity contribution in [3.05, 3.63) is 57.0 Å². The molecule has 1 saturated heterocycles. The van der Waals surface area contributed by atoms with Gasteiger partial charge >= 0.3 is 5.69 Å². The Kier molecular flexibility index (Phi) is 8.19. The predicted molar refractivity (Wildman–Crippen MR) is 120 cm³/mol. The number of likely N-dealkylation sites (tertiary alicyclic amines) is 1. The maximum Gasteiger partial charge on any atom is 0.332 e. The Labute approximate surface area is 176 Å². The lowest BCUT2D eigenvalue weighted by Gasteiger charge is -2.36. The Hall–Kier alpha value is -2.65. The fraction of sp³-hybridized carbons (Fsp3) is 0.524. The van der Waals surface area contributed by atoms with Gasteiger partial charge in [0.1, 0.15) is 17.3 Å². The summed E-state index contributed by atoms with van der Waals surface area (Å²) in [4.78, 5) is 29.2. The molecule has 2 rings (SSSR count). The molecule has 1 aliphatic heterocycles. The van der Waals surface area contributed by atoms with Crippen LogP contribution in [0.1, 0.15) is 26.2 Å². The van der Waals surface area contributed by atoms with Crippen LogP contribution in [0.5, 0.6) is 0 Å². The summed E-state index contributed by atoms with van der Waals surface area (Å²) in [7, 11) is 2.95. The fourth-order valence-corrected chi connectivity index (χ4v) is 3.66. The molecule has 0 saturated carbocycles. The van der Waals surface area contributed by atoms with Crippen LogP contribution in [-0.2, 0) is 14.1 Å². The molecule has 0 aliphatic carbocycles. The lowest BCUT2D eigenvalue weighted by atomic mass is 10.1. The van der Waals surface area contributed by atoms with Gasteiger partial charge < -0.3 is 16.4 Å². The van der Waals surface area contributed by atoms with Crippen molar-refractivity contribution in [1.82, 2.24) is 14.0 Å². The maximum atomic E-state index is 14.1. The highest BCUT2D eigenvalue weighted by molar-refractivity contribution is 5.63. The van der Waals surface area contributed by atoms with Gasteiger partial charge in [0.15, 0.2) is 0 Å². The van der Waals surface area contributed by atoms with E-state index in [1.165, 1.54) is 36.9 Å². The smallest absolute Gasteiger partial charge is 0.332 e. The molecule has 8 nitrogen and oxygen atoms in total. The predicted octanol–water partition coefficient (Wildman–Crippen LogP) is 1.23. The van der Waals surface area contributed by atoms with Gasteiger partial charge in [0, 0.05) is 33.2 Å². The molecule has 1 atom stereocenters. The number of hydrogen-bond acceptors (Lipinski definition) is 6. The van der Waals surface area contributed by atoms with Gasteiger partial charge in [0.05, 0.1) is 6.67 Å². The summed E-state index contributed by atoms with van der Waals surface area (Å²) in [6, 6.07) is 0.0649. The summed E-state index contributed by atoms with van der Waals surface area (Å²) >= 11 is 0. The molecule has 0 spiro atoms. The molecule has 2 heterocycles. The van der Waals surface area contributed by atoms with Crippen molar-refractivity contribution in [3.63, 3.8) is 0 Å². The van der Waals surface area contributed by atoms with E-state index >= 15 is 0 Å². The first kappa shape index (κ1) is 23.6. The molecular weight excluding hydrogens is 387 g/mol. The minimum Gasteiger partial charge on any atom is -0.383 e. The van der Waals surface area contributed by atoms with Crippen molar-refractivity contribution in [2.24, 2.45) is 19.8 Å². The van der Waals surface area contributed by atoms with E-state index in [2.05, 4.69) is 11.5 Å².